The number of rotatable bonds is 60. The van der Waals surface area contributed by atoms with Crippen molar-refractivity contribution in [3.63, 3.8) is 0 Å². The van der Waals surface area contributed by atoms with Crippen molar-refractivity contribution in [3.8, 4) is 0 Å². The van der Waals surface area contributed by atoms with E-state index < -0.39 is 6.10 Å². The highest BCUT2D eigenvalue weighted by Gasteiger charge is 2.19. The number of carbonyl (C=O) groups is 3. The van der Waals surface area contributed by atoms with Crippen LogP contribution in [0.3, 0.4) is 0 Å². The first-order valence-electron chi connectivity index (χ1n) is 33.2. The van der Waals surface area contributed by atoms with Crippen LogP contribution in [0, 0.1) is 0 Å². The second kappa shape index (κ2) is 65.8. The third-order valence-corrected chi connectivity index (χ3v) is 14.4. The lowest BCUT2D eigenvalue weighted by molar-refractivity contribution is -0.167. The Balaban J connectivity index is 4.22. The molecule has 0 aliphatic carbocycles. The molecule has 1 atom stereocenters. The highest BCUT2D eigenvalue weighted by Crippen LogP contribution is 2.17. The van der Waals surface area contributed by atoms with Gasteiger partial charge in [-0.15, -0.1) is 0 Å². The number of allylic oxidation sites excluding steroid dienone is 16. The average Bonchev–Trinajstić information content (AvgIpc) is 3.44. The van der Waals surface area contributed by atoms with Gasteiger partial charge < -0.3 is 14.2 Å². The fraction of sp³-hybridized carbons (Fsp3) is 0.736. The van der Waals surface area contributed by atoms with Gasteiger partial charge in [0.25, 0.3) is 0 Å². The molecule has 0 bridgehead atoms. The fourth-order valence-electron chi connectivity index (χ4n) is 9.40. The molecular weight excluding hydrogens is 961 g/mol. The fourth-order valence-corrected chi connectivity index (χ4v) is 9.40. The number of hydrogen-bond acceptors (Lipinski definition) is 6. The molecule has 0 aromatic carbocycles. The van der Waals surface area contributed by atoms with Crippen molar-refractivity contribution < 1.29 is 28.6 Å². The van der Waals surface area contributed by atoms with E-state index in [9.17, 15) is 14.4 Å². The zero-order valence-electron chi connectivity index (χ0n) is 51.4. The summed E-state index contributed by atoms with van der Waals surface area (Å²) < 4.78 is 16.9. The largest absolute Gasteiger partial charge is 0.462 e. The Labute approximate surface area is 483 Å². The molecule has 0 rings (SSSR count). The third kappa shape index (κ3) is 63.2. The Morgan fingerprint density at radius 2 is 0.500 bits per heavy atom. The Bertz CT molecular complexity index is 1530. The average molecular weight is 1090 g/mol. The Morgan fingerprint density at radius 3 is 0.782 bits per heavy atom. The maximum atomic E-state index is 12.9. The van der Waals surface area contributed by atoms with Gasteiger partial charge in [-0.25, -0.2) is 0 Å². The van der Waals surface area contributed by atoms with Gasteiger partial charge in [-0.3, -0.25) is 14.4 Å². The lowest BCUT2D eigenvalue weighted by Gasteiger charge is -2.18. The first-order valence-corrected chi connectivity index (χ1v) is 33.2. The standard InChI is InChI=1S/C72H124O6/c1-4-7-10-13-16-19-22-25-27-28-29-30-31-32-33-34-35-36-37-38-39-40-41-42-43-44-46-47-50-53-56-59-62-65-71(74)77-68-69(67-76-70(73)64-61-58-55-52-49-24-21-18-15-12-9-6-3)78-72(75)66-63-60-57-54-51-48-45-26-23-20-17-14-11-8-5-2/h7,10,16,19,25,27,29-30,32-33,35-36,38-39,41-42,69H,4-6,8-9,11-15,17-18,20-24,26,28,31,34,37,40,43-68H2,1-3H3/b10-7-,19-16-,27-25-,30-29-,33-32-,36-35-,39-38-,42-41-. The van der Waals surface area contributed by atoms with Crippen molar-refractivity contribution in [3.05, 3.63) is 97.2 Å². The van der Waals surface area contributed by atoms with E-state index in [4.69, 9.17) is 14.2 Å². The smallest absolute Gasteiger partial charge is 0.306 e. The number of esters is 3. The van der Waals surface area contributed by atoms with Crippen molar-refractivity contribution in [1.29, 1.82) is 0 Å². The Hall–Kier alpha value is -3.67. The lowest BCUT2D eigenvalue weighted by Crippen LogP contribution is -2.30. The van der Waals surface area contributed by atoms with Crippen molar-refractivity contribution in [2.75, 3.05) is 13.2 Å². The predicted octanol–water partition coefficient (Wildman–Crippen LogP) is 22.8. The summed E-state index contributed by atoms with van der Waals surface area (Å²) in [6, 6.07) is 0. The molecule has 0 aromatic rings. The minimum Gasteiger partial charge on any atom is -0.462 e. The normalized spacial score (nSPS) is 12.7. The van der Waals surface area contributed by atoms with Gasteiger partial charge in [0, 0.05) is 19.3 Å². The van der Waals surface area contributed by atoms with Gasteiger partial charge >= 0.3 is 17.9 Å². The van der Waals surface area contributed by atoms with E-state index in [0.717, 1.165) is 116 Å². The first kappa shape index (κ1) is 74.3. The van der Waals surface area contributed by atoms with Crippen LogP contribution in [0.1, 0.15) is 323 Å². The van der Waals surface area contributed by atoms with E-state index in [1.165, 1.54) is 167 Å². The molecule has 1 unspecified atom stereocenters. The summed E-state index contributed by atoms with van der Waals surface area (Å²) in [6.45, 7) is 6.55. The van der Waals surface area contributed by atoms with Crippen LogP contribution in [0.5, 0.6) is 0 Å². The van der Waals surface area contributed by atoms with Crippen LogP contribution < -0.4 is 0 Å². The quantitative estimate of drug-likeness (QED) is 0.0261. The number of hydrogen-bond donors (Lipinski definition) is 0. The number of ether oxygens (including phenoxy) is 3. The molecule has 6 nitrogen and oxygen atoms in total. The van der Waals surface area contributed by atoms with Crippen LogP contribution in [0.15, 0.2) is 97.2 Å². The molecule has 0 N–H and O–H groups in total. The van der Waals surface area contributed by atoms with Gasteiger partial charge in [0.15, 0.2) is 6.10 Å². The molecule has 0 amide bonds. The maximum absolute atomic E-state index is 12.9. The highest BCUT2D eigenvalue weighted by atomic mass is 16.6. The van der Waals surface area contributed by atoms with E-state index in [0.29, 0.717) is 19.3 Å². The Kier molecular flexibility index (Phi) is 62.7. The second-order valence-corrected chi connectivity index (χ2v) is 22.0. The maximum Gasteiger partial charge on any atom is 0.306 e. The molecule has 0 aliphatic heterocycles. The summed E-state index contributed by atoms with van der Waals surface area (Å²) in [5.74, 6) is -0.869. The van der Waals surface area contributed by atoms with Gasteiger partial charge in [-0.1, -0.05) is 317 Å². The van der Waals surface area contributed by atoms with E-state index in [2.05, 4.69) is 118 Å². The molecule has 0 aliphatic rings. The highest BCUT2D eigenvalue weighted by molar-refractivity contribution is 5.71. The van der Waals surface area contributed by atoms with Crippen molar-refractivity contribution in [2.24, 2.45) is 0 Å². The number of unbranched alkanes of at least 4 members (excludes halogenated alkanes) is 33. The molecule has 0 heterocycles. The zero-order chi connectivity index (χ0) is 56.4. The van der Waals surface area contributed by atoms with E-state index in [-0.39, 0.29) is 31.1 Å². The molecule has 0 saturated carbocycles. The van der Waals surface area contributed by atoms with Crippen LogP contribution >= 0.6 is 0 Å². The lowest BCUT2D eigenvalue weighted by atomic mass is 10.0. The van der Waals surface area contributed by atoms with Crippen LogP contribution in [0.4, 0.5) is 0 Å². The van der Waals surface area contributed by atoms with Gasteiger partial charge in [-0.2, -0.15) is 0 Å². The van der Waals surface area contributed by atoms with Crippen LogP contribution in [-0.2, 0) is 28.6 Å². The summed E-state index contributed by atoms with van der Waals surface area (Å²) in [4.78, 5) is 38.3. The molecule has 6 heteroatoms. The van der Waals surface area contributed by atoms with Gasteiger partial charge in [0.2, 0.25) is 0 Å². The van der Waals surface area contributed by atoms with Gasteiger partial charge in [0.05, 0.1) is 0 Å². The topological polar surface area (TPSA) is 78.9 Å². The zero-order valence-corrected chi connectivity index (χ0v) is 51.4. The molecule has 0 saturated heterocycles. The summed E-state index contributed by atoms with van der Waals surface area (Å²) >= 11 is 0. The molecule has 0 aromatic heterocycles. The van der Waals surface area contributed by atoms with Crippen molar-refractivity contribution >= 4 is 17.9 Å². The SMILES string of the molecule is CC/C=C\C/C=C\C/C=C\C/C=C\C/C=C\C/C=C\C/C=C\C/C=C\CCCCCCCCCCC(=O)OCC(COC(=O)CCCCCCCCCCCCCC)OC(=O)CCCCCCCCCCCCCCCCC. The number of carbonyl (C=O) groups excluding carboxylic acids is 3. The van der Waals surface area contributed by atoms with Crippen LogP contribution in [0.2, 0.25) is 0 Å². The van der Waals surface area contributed by atoms with Gasteiger partial charge in [-0.05, 0) is 83.5 Å². The molecule has 0 radical (unpaired) electrons. The summed E-state index contributed by atoms with van der Waals surface area (Å²) in [5.41, 5.74) is 0. The van der Waals surface area contributed by atoms with Crippen LogP contribution in [0.25, 0.3) is 0 Å². The molecule has 0 spiro atoms. The van der Waals surface area contributed by atoms with E-state index in [1.807, 2.05) is 0 Å². The minimum atomic E-state index is -0.777. The van der Waals surface area contributed by atoms with Crippen molar-refractivity contribution in [2.45, 2.75) is 329 Å². The first-order chi connectivity index (χ1) is 38.5. The monoisotopic (exact) mass is 1080 g/mol. The van der Waals surface area contributed by atoms with Gasteiger partial charge in [0.1, 0.15) is 13.2 Å². The predicted molar refractivity (Wildman–Crippen MR) is 339 cm³/mol. The summed E-state index contributed by atoms with van der Waals surface area (Å²) in [5, 5.41) is 0. The van der Waals surface area contributed by atoms with Crippen LogP contribution in [-0.4, -0.2) is 37.2 Å². The third-order valence-electron chi connectivity index (χ3n) is 14.4. The van der Waals surface area contributed by atoms with Crippen molar-refractivity contribution in [1.82, 2.24) is 0 Å². The van der Waals surface area contributed by atoms with E-state index >= 15 is 0 Å². The molecular formula is C72H124O6. The molecule has 0 fully saturated rings. The molecule has 78 heavy (non-hydrogen) atoms. The summed E-state index contributed by atoms with van der Waals surface area (Å²) in [6.07, 6.45) is 88.5. The minimum absolute atomic E-state index is 0.0745. The summed E-state index contributed by atoms with van der Waals surface area (Å²) in [7, 11) is 0. The molecule has 448 valence electrons. The second-order valence-electron chi connectivity index (χ2n) is 22.0. The van der Waals surface area contributed by atoms with E-state index in [1.54, 1.807) is 0 Å². The Morgan fingerprint density at radius 1 is 0.269 bits per heavy atom.